The monoisotopic (exact) mass is 346 g/mol. The van der Waals surface area contributed by atoms with Gasteiger partial charge in [0.1, 0.15) is 11.4 Å². The van der Waals surface area contributed by atoms with Gasteiger partial charge in [-0.05, 0) is 24.1 Å². The van der Waals surface area contributed by atoms with Crippen LogP contribution in [0.25, 0.3) is 0 Å². The van der Waals surface area contributed by atoms with Crippen molar-refractivity contribution in [3.8, 4) is 5.75 Å². The zero-order valence-electron chi connectivity index (χ0n) is 14.0. The first-order valence-electron chi connectivity index (χ1n) is 8.17. The summed E-state index contributed by atoms with van der Waals surface area (Å²) in [7, 11) is 1.27. The van der Waals surface area contributed by atoms with Gasteiger partial charge in [0.15, 0.2) is 11.6 Å². The summed E-state index contributed by atoms with van der Waals surface area (Å²) >= 11 is 0. The van der Waals surface area contributed by atoms with Crippen molar-refractivity contribution >= 4 is 5.91 Å². The number of hydrogen-bond donors (Lipinski definition) is 1. The predicted molar refractivity (Wildman–Crippen MR) is 90.5 cm³/mol. The van der Waals surface area contributed by atoms with Gasteiger partial charge >= 0.3 is 0 Å². The van der Waals surface area contributed by atoms with Crippen molar-refractivity contribution < 1.29 is 18.3 Å². The number of halogens is 2. The Balaban J connectivity index is 1.63. The lowest BCUT2D eigenvalue weighted by molar-refractivity contribution is 0.0928. The van der Waals surface area contributed by atoms with Crippen LogP contribution in [0.15, 0.2) is 42.5 Å². The number of rotatable bonds is 5. The maximum absolute atomic E-state index is 14.2. The summed E-state index contributed by atoms with van der Waals surface area (Å²) in [5.41, 5.74) is 0.597. The van der Waals surface area contributed by atoms with E-state index in [1.165, 1.54) is 18.7 Å². The second-order valence-corrected chi connectivity index (χ2v) is 6.12. The van der Waals surface area contributed by atoms with E-state index in [1.807, 2.05) is 30.3 Å². The Morgan fingerprint density at radius 3 is 2.72 bits per heavy atom. The normalized spacial score (nSPS) is 17.5. The lowest BCUT2D eigenvalue weighted by Gasteiger charge is -2.17. The standard InChI is InChI=1S/C19H20F2N2O2/c1-25-16-8-7-15(20)17(18(16)21)19(24)22-14-9-10-23(12-14)11-13-5-3-2-4-6-13/h2-8,14H,9-12H2,1H3,(H,22,24). The van der Waals surface area contributed by atoms with E-state index in [0.717, 1.165) is 25.6 Å². The SMILES string of the molecule is COc1ccc(F)c(C(=O)NC2CCN(Cc3ccccc3)C2)c1F. The first kappa shape index (κ1) is 17.4. The van der Waals surface area contributed by atoms with E-state index in [2.05, 4.69) is 10.2 Å². The Morgan fingerprint density at radius 1 is 1.24 bits per heavy atom. The summed E-state index contributed by atoms with van der Waals surface area (Å²) in [6.07, 6.45) is 0.742. The third kappa shape index (κ3) is 3.96. The Kier molecular flexibility index (Phi) is 5.28. The molecule has 1 saturated heterocycles. The highest BCUT2D eigenvalue weighted by Crippen LogP contribution is 2.23. The second-order valence-electron chi connectivity index (χ2n) is 6.12. The van der Waals surface area contributed by atoms with Crippen LogP contribution < -0.4 is 10.1 Å². The molecule has 1 aliphatic heterocycles. The van der Waals surface area contributed by atoms with Crippen molar-refractivity contribution in [3.05, 3.63) is 65.2 Å². The fourth-order valence-electron chi connectivity index (χ4n) is 3.09. The number of likely N-dealkylation sites (tertiary alicyclic amines) is 1. The van der Waals surface area contributed by atoms with Gasteiger partial charge in [-0.1, -0.05) is 30.3 Å². The van der Waals surface area contributed by atoms with Gasteiger partial charge in [-0.25, -0.2) is 8.78 Å². The largest absolute Gasteiger partial charge is 0.494 e. The first-order chi connectivity index (χ1) is 12.1. The van der Waals surface area contributed by atoms with E-state index in [9.17, 15) is 13.6 Å². The maximum Gasteiger partial charge on any atom is 0.257 e. The summed E-state index contributed by atoms with van der Waals surface area (Å²) in [5, 5.41) is 2.73. The van der Waals surface area contributed by atoms with Gasteiger partial charge in [0, 0.05) is 25.7 Å². The number of amides is 1. The smallest absolute Gasteiger partial charge is 0.257 e. The molecule has 2 aromatic carbocycles. The number of nitrogens with one attached hydrogen (secondary N) is 1. The van der Waals surface area contributed by atoms with Crippen molar-refractivity contribution in [3.63, 3.8) is 0 Å². The van der Waals surface area contributed by atoms with Crippen molar-refractivity contribution in [2.45, 2.75) is 19.0 Å². The van der Waals surface area contributed by atoms with Crippen molar-refractivity contribution in [1.29, 1.82) is 0 Å². The number of methoxy groups -OCH3 is 1. The molecule has 2 aromatic rings. The summed E-state index contributed by atoms with van der Waals surface area (Å²) in [6.45, 7) is 2.26. The van der Waals surface area contributed by atoms with Crippen molar-refractivity contribution in [2.75, 3.05) is 20.2 Å². The molecule has 4 nitrogen and oxygen atoms in total. The Labute approximate surface area is 145 Å². The molecule has 1 N–H and O–H groups in total. The van der Waals surface area contributed by atoms with E-state index < -0.39 is 23.1 Å². The predicted octanol–water partition coefficient (Wildman–Crippen LogP) is 2.98. The minimum atomic E-state index is -0.973. The van der Waals surface area contributed by atoms with Gasteiger partial charge in [-0.2, -0.15) is 0 Å². The Hall–Kier alpha value is -2.47. The average molecular weight is 346 g/mol. The molecule has 3 rings (SSSR count). The van der Waals surface area contributed by atoms with Crippen LogP contribution in [0.4, 0.5) is 8.78 Å². The molecule has 132 valence electrons. The average Bonchev–Trinajstić information content (AvgIpc) is 3.03. The molecule has 0 bridgehead atoms. The van der Waals surface area contributed by atoms with E-state index in [0.29, 0.717) is 6.54 Å². The maximum atomic E-state index is 14.2. The molecule has 1 aliphatic rings. The van der Waals surface area contributed by atoms with Gasteiger partial charge in [0.05, 0.1) is 7.11 Å². The van der Waals surface area contributed by atoms with Gasteiger partial charge in [0.25, 0.3) is 5.91 Å². The highest BCUT2D eigenvalue weighted by molar-refractivity contribution is 5.95. The number of carbonyl (C=O) groups is 1. The molecule has 0 aliphatic carbocycles. The van der Waals surface area contributed by atoms with E-state index in [1.54, 1.807) is 0 Å². The Bertz CT molecular complexity index is 753. The molecular formula is C19H20F2N2O2. The van der Waals surface area contributed by atoms with E-state index >= 15 is 0 Å². The minimum Gasteiger partial charge on any atom is -0.494 e. The summed E-state index contributed by atoms with van der Waals surface area (Å²) in [4.78, 5) is 14.5. The fraction of sp³-hybridized carbons (Fsp3) is 0.316. The Morgan fingerprint density at radius 2 is 2.00 bits per heavy atom. The topological polar surface area (TPSA) is 41.6 Å². The van der Waals surface area contributed by atoms with Crippen molar-refractivity contribution in [2.24, 2.45) is 0 Å². The molecule has 0 spiro atoms. The molecule has 0 saturated carbocycles. The van der Waals surface area contributed by atoms with Gasteiger partial charge < -0.3 is 10.1 Å². The number of hydrogen-bond acceptors (Lipinski definition) is 3. The van der Waals surface area contributed by atoms with Gasteiger partial charge in [-0.15, -0.1) is 0 Å². The molecule has 25 heavy (non-hydrogen) atoms. The molecule has 6 heteroatoms. The summed E-state index contributed by atoms with van der Waals surface area (Å²) in [6, 6.07) is 12.1. The van der Waals surface area contributed by atoms with Gasteiger partial charge in [-0.3, -0.25) is 9.69 Å². The lowest BCUT2D eigenvalue weighted by Crippen LogP contribution is -2.37. The molecule has 0 aromatic heterocycles. The number of carbonyl (C=O) groups excluding carboxylic acids is 1. The zero-order chi connectivity index (χ0) is 17.8. The molecule has 1 amide bonds. The molecule has 1 atom stereocenters. The van der Waals surface area contributed by atoms with Crippen LogP contribution in [0, 0.1) is 11.6 Å². The van der Waals surface area contributed by atoms with Crippen LogP contribution in [0.1, 0.15) is 22.3 Å². The fourth-order valence-corrected chi connectivity index (χ4v) is 3.09. The summed E-state index contributed by atoms with van der Waals surface area (Å²) < 4.78 is 32.9. The first-order valence-corrected chi connectivity index (χ1v) is 8.17. The van der Waals surface area contributed by atoms with E-state index in [-0.39, 0.29) is 11.8 Å². The van der Waals surface area contributed by atoms with Crippen LogP contribution in [0.5, 0.6) is 5.75 Å². The molecule has 1 unspecified atom stereocenters. The second kappa shape index (κ2) is 7.61. The van der Waals surface area contributed by atoms with Crippen molar-refractivity contribution in [1.82, 2.24) is 10.2 Å². The third-order valence-electron chi connectivity index (χ3n) is 4.36. The van der Waals surface area contributed by atoms with Crippen LogP contribution in [-0.2, 0) is 6.54 Å². The van der Waals surface area contributed by atoms with Crippen LogP contribution in [-0.4, -0.2) is 37.0 Å². The highest BCUT2D eigenvalue weighted by atomic mass is 19.1. The summed E-state index contributed by atoms with van der Waals surface area (Å²) in [5.74, 6) is -2.77. The van der Waals surface area contributed by atoms with Gasteiger partial charge in [0.2, 0.25) is 0 Å². The minimum absolute atomic E-state index is 0.138. The molecule has 1 fully saturated rings. The number of ether oxygens (including phenoxy) is 1. The van der Waals surface area contributed by atoms with Crippen LogP contribution in [0.3, 0.4) is 0 Å². The highest BCUT2D eigenvalue weighted by Gasteiger charge is 2.27. The molecule has 0 radical (unpaired) electrons. The zero-order valence-corrected chi connectivity index (χ0v) is 14.0. The number of nitrogens with zero attached hydrogens (tertiary/aromatic N) is 1. The van der Waals surface area contributed by atoms with E-state index in [4.69, 9.17) is 4.74 Å². The third-order valence-corrected chi connectivity index (χ3v) is 4.36. The van der Waals surface area contributed by atoms with Crippen LogP contribution in [0.2, 0.25) is 0 Å². The lowest BCUT2D eigenvalue weighted by atomic mass is 10.1. The molecular weight excluding hydrogens is 326 g/mol. The molecule has 1 heterocycles. The van der Waals surface area contributed by atoms with Crippen LogP contribution >= 0.6 is 0 Å². The number of benzene rings is 2. The quantitative estimate of drug-likeness (QED) is 0.905.